The molecule has 110 valence electrons. The number of halogens is 2. The second-order valence-electron chi connectivity index (χ2n) is 4.04. The van der Waals surface area contributed by atoms with E-state index in [-0.39, 0.29) is 24.0 Å². The van der Waals surface area contributed by atoms with Crippen molar-refractivity contribution in [3.05, 3.63) is 42.7 Å². The number of hydrogen-bond donors (Lipinski definition) is 2. The van der Waals surface area contributed by atoms with Crippen molar-refractivity contribution in [3.63, 3.8) is 0 Å². The maximum absolute atomic E-state index is 4.23. The molecule has 20 heavy (non-hydrogen) atoms. The Morgan fingerprint density at radius 1 is 1.30 bits per heavy atom. The van der Waals surface area contributed by atoms with Gasteiger partial charge in [0.05, 0.1) is 13.1 Å². The summed E-state index contributed by atoms with van der Waals surface area (Å²) in [6.07, 6.45) is 0. The highest BCUT2D eigenvalue weighted by Crippen LogP contribution is 2.19. The van der Waals surface area contributed by atoms with Crippen LogP contribution in [0.4, 0.5) is 0 Å². The van der Waals surface area contributed by atoms with Crippen LogP contribution in [0.1, 0.15) is 15.3 Å². The maximum atomic E-state index is 4.23. The van der Waals surface area contributed by atoms with Crippen LogP contribution in [0.2, 0.25) is 0 Å². The van der Waals surface area contributed by atoms with Gasteiger partial charge in [0.1, 0.15) is 0 Å². The van der Waals surface area contributed by atoms with Crippen LogP contribution in [-0.2, 0) is 13.1 Å². The van der Waals surface area contributed by atoms with E-state index in [1.807, 2.05) is 0 Å². The molecule has 2 N–H and O–H groups in total. The zero-order valence-electron chi connectivity index (χ0n) is 11.3. The van der Waals surface area contributed by atoms with Gasteiger partial charge in [-0.3, -0.25) is 4.99 Å². The number of thiophene rings is 2. The van der Waals surface area contributed by atoms with Gasteiger partial charge in [-0.15, -0.1) is 46.7 Å². The summed E-state index contributed by atoms with van der Waals surface area (Å²) in [5.41, 5.74) is 1.33. The third kappa shape index (κ3) is 5.34. The molecule has 0 aromatic carbocycles. The van der Waals surface area contributed by atoms with Crippen molar-refractivity contribution in [3.8, 4) is 0 Å². The van der Waals surface area contributed by atoms with E-state index in [0.29, 0.717) is 0 Å². The van der Waals surface area contributed by atoms with E-state index in [2.05, 4.69) is 61.4 Å². The van der Waals surface area contributed by atoms with Crippen molar-refractivity contribution < 1.29 is 0 Å². The first-order valence-electron chi connectivity index (χ1n) is 5.89. The van der Waals surface area contributed by atoms with E-state index in [4.69, 9.17) is 0 Å². The van der Waals surface area contributed by atoms with Crippen LogP contribution in [0.25, 0.3) is 0 Å². The topological polar surface area (TPSA) is 36.4 Å². The Labute approximate surface area is 153 Å². The van der Waals surface area contributed by atoms with Crippen LogP contribution in [0.5, 0.6) is 0 Å². The van der Waals surface area contributed by atoms with Gasteiger partial charge in [-0.25, -0.2) is 0 Å². The van der Waals surface area contributed by atoms with E-state index in [0.717, 1.165) is 23.5 Å². The van der Waals surface area contributed by atoms with Crippen molar-refractivity contribution in [2.45, 2.75) is 20.0 Å². The van der Waals surface area contributed by atoms with Gasteiger partial charge in [0, 0.05) is 26.7 Å². The lowest BCUT2D eigenvalue weighted by Gasteiger charge is -2.10. The van der Waals surface area contributed by atoms with Crippen molar-refractivity contribution in [2.24, 2.45) is 4.99 Å². The first-order chi connectivity index (χ1) is 9.19. The normalized spacial score (nSPS) is 11.1. The Bertz CT molecular complexity index is 565. The number of aliphatic imine (C=N–C) groups is 1. The average Bonchev–Trinajstić information content (AvgIpc) is 2.99. The molecule has 0 amide bonds. The Balaban J connectivity index is 0.00000200. The molecule has 2 aromatic heterocycles. The monoisotopic (exact) mass is 485 g/mol. The Morgan fingerprint density at radius 3 is 2.60 bits per heavy atom. The van der Waals surface area contributed by atoms with Gasteiger partial charge in [0.2, 0.25) is 0 Å². The molecule has 0 aliphatic rings. The summed E-state index contributed by atoms with van der Waals surface area (Å²) in [7, 11) is 1.79. The molecule has 3 nitrogen and oxygen atoms in total. The largest absolute Gasteiger partial charge is 0.352 e. The van der Waals surface area contributed by atoms with E-state index < -0.39 is 0 Å². The summed E-state index contributed by atoms with van der Waals surface area (Å²) in [6, 6.07) is 4.26. The predicted molar refractivity (Wildman–Crippen MR) is 104 cm³/mol. The zero-order valence-corrected chi connectivity index (χ0v) is 16.8. The Kier molecular flexibility index (Phi) is 8.08. The number of hydrogen-bond acceptors (Lipinski definition) is 3. The summed E-state index contributed by atoms with van der Waals surface area (Å²) in [5.74, 6) is 0.831. The molecular weight excluding hydrogens is 469 g/mol. The molecule has 7 heteroatoms. The number of nitrogens with one attached hydrogen (secondary N) is 2. The van der Waals surface area contributed by atoms with E-state index in [1.165, 1.54) is 15.3 Å². The molecule has 0 bridgehead atoms. The van der Waals surface area contributed by atoms with Crippen molar-refractivity contribution in [1.82, 2.24) is 10.6 Å². The van der Waals surface area contributed by atoms with Crippen LogP contribution < -0.4 is 10.6 Å². The fraction of sp³-hybridized carbons (Fsp3) is 0.308. The van der Waals surface area contributed by atoms with Crippen LogP contribution in [-0.4, -0.2) is 13.0 Å². The lowest BCUT2D eigenvalue weighted by atomic mass is 10.3. The summed E-state index contributed by atoms with van der Waals surface area (Å²) in [6.45, 7) is 3.74. The molecule has 0 radical (unpaired) electrons. The minimum Gasteiger partial charge on any atom is -0.352 e. The molecule has 0 aliphatic carbocycles. The summed E-state index contributed by atoms with van der Waals surface area (Å²) in [4.78, 5) is 6.86. The molecule has 0 spiro atoms. The van der Waals surface area contributed by atoms with Gasteiger partial charge in [-0.05, 0) is 45.9 Å². The molecule has 0 aliphatic heterocycles. The minimum atomic E-state index is 0. The van der Waals surface area contributed by atoms with E-state index >= 15 is 0 Å². The number of nitrogens with zero attached hydrogens (tertiary/aromatic N) is 1. The zero-order chi connectivity index (χ0) is 13.7. The summed E-state index contributed by atoms with van der Waals surface area (Å²) in [5, 5.41) is 10.8. The van der Waals surface area contributed by atoms with Crippen LogP contribution in [0, 0.1) is 6.92 Å². The minimum absolute atomic E-state index is 0. The molecule has 0 atom stereocenters. The number of aryl methyl sites for hydroxylation is 1. The highest BCUT2D eigenvalue weighted by molar-refractivity contribution is 14.0. The highest BCUT2D eigenvalue weighted by Gasteiger charge is 2.03. The van der Waals surface area contributed by atoms with Gasteiger partial charge < -0.3 is 10.6 Å². The molecule has 2 heterocycles. The fourth-order valence-corrected chi connectivity index (χ4v) is 3.82. The highest BCUT2D eigenvalue weighted by atomic mass is 127. The summed E-state index contributed by atoms with van der Waals surface area (Å²) < 4.78 is 1.13. The molecule has 0 fully saturated rings. The molecule has 0 saturated carbocycles. The quantitative estimate of drug-likeness (QED) is 0.383. The van der Waals surface area contributed by atoms with Crippen molar-refractivity contribution in [1.29, 1.82) is 0 Å². The average molecular weight is 486 g/mol. The molecule has 0 saturated heterocycles. The Hall–Kier alpha value is -0.120. The second-order valence-corrected chi connectivity index (χ2v) is 6.95. The third-order valence-electron chi connectivity index (χ3n) is 2.66. The van der Waals surface area contributed by atoms with E-state index in [1.54, 1.807) is 29.7 Å². The molecular formula is C13H17BrIN3S2. The third-order valence-corrected chi connectivity index (χ3v) is 5.38. The molecule has 0 unspecified atom stereocenters. The van der Waals surface area contributed by atoms with Crippen LogP contribution in [0.15, 0.2) is 32.4 Å². The maximum Gasteiger partial charge on any atom is 0.191 e. The van der Waals surface area contributed by atoms with Gasteiger partial charge >= 0.3 is 0 Å². The van der Waals surface area contributed by atoms with Crippen LogP contribution >= 0.6 is 62.6 Å². The molecule has 2 rings (SSSR count). The lowest BCUT2D eigenvalue weighted by Crippen LogP contribution is -2.36. The van der Waals surface area contributed by atoms with Crippen molar-refractivity contribution >= 4 is 68.5 Å². The van der Waals surface area contributed by atoms with Crippen molar-refractivity contribution in [2.75, 3.05) is 7.05 Å². The lowest BCUT2D eigenvalue weighted by molar-refractivity contribution is 0.820. The van der Waals surface area contributed by atoms with E-state index in [9.17, 15) is 0 Å². The van der Waals surface area contributed by atoms with Crippen LogP contribution in [0.3, 0.4) is 0 Å². The second kappa shape index (κ2) is 9.01. The van der Waals surface area contributed by atoms with Gasteiger partial charge in [-0.2, -0.15) is 0 Å². The Morgan fingerprint density at radius 2 is 2.05 bits per heavy atom. The predicted octanol–water partition coefficient (Wildman–Crippen LogP) is 4.36. The standard InChI is InChI=1S/C13H16BrN3S2.HI/c1-9-3-4-18-12(9)7-17-13(15-2)16-6-11-5-10(14)8-19-11;/h3-5,8H,6-7H2,1-2H3,(H2,15,16,17);1H. The SMILES string of the molecule is CN=C(NCc1cc(Br)cs1)NCc1sccc1C.I. The fourth-order valence-electron chi connectivity index (χ4n) is 1.59. The first kappa shape index (κ1) is 17.9. The van der Waals surface area contributed by atoms with Gasteiger partial charge in [0.25, 0.3) is 0 Å². The van der Waals surface area contributed by atoms with Gasteiger partial charge in [0.15, 0.2) is 5.96 Å². The number of rotatable bonds is 4. The first-order valence-corrected chi connectivity index (χ1v) is 8.44. The van der Waals surface area contributed by atoms with Gasteiger partial charge in [-0.1, -0.05) is 0 Å². The summed E-state index contributed by atoms with van der Waals surface area (Å²) >= 11 is 6.96. The number of guanidine groups is 1. The smallest absolute Gasteiger partial charge is 0.191 e. The molecule has 2 aromatic rings.